The van der Waals surface area contributed by atoms with Crippen LogP contribution in [0, 0.1) is 0 Å². The van der Waals surface area contributed by atoms with Crippen LogP contribution >= 0.6 is 0 Å². The molecule has 1 heterocycles. The number of rotatable bonds is 11. The topological polar surface area (TPSA) is 187 Å². The number of aromatic nitrogens is 3. The van der Waals surface area contributed by atoms with Gasteiger partial charge in [-0.1, -0.05) is 0 Å². The normalized spacial score (nSPS) is 11.2. The first kappa shape index (κ1) is 20.8. The lowest BCUT2D eigenvalue weighted by Gasteiger charge is -2.11. The zero-order chi connectivity index (χ0) is 19.7. The van der Waals surface area contributed by atoms with Crippen LogP contribution in [0.1, 0.15) is 12.8 Å². The summed E-state index contributed by atoms with van der Waals surface area (Å²) in [6.45, 7) is 2.37. The molecule has 1 aromatic heterocycles. The van der Waals surface area contributed by atoms with Gasteiger partial charge in [-0.05, 0) is 50.2 Å². The van der Waals surface area contributed by atoms with Crippen molar-refractivity contribution in [3.8, 4) is 0 Å². The molecule has 0 atom stereocenters. The molecule has 2 aromatic rings. The van der Waals surface area contributed by atoms with Crippen molar-refractivity contribution in [3.05, 3.63) is 24.3 Å². The quantitative estimate of drug-likeness (QED) is 0.278. The highest BCUT2D eigenvalue weighted by atomic mass is 32.2. The third-order valence-electron chi connectivity index (χ3n) is 3.40. The largest absolute Gasteiger partial charge is 0.354 e. The van der Waals surface area contributed by atoms with Gasteiger partial charge in [0.05, 0.1) is 4.90 Å². The summed E-state index contributed by atoms with van der Waals surface area (Å²) >= 11 is 0. The molecule has 11 nitrogen and oxygen atoms in total. The highest BCUT2D eigenvalue weighted by Gasteiger charge is 2.09. The molecule has 0 bridgehead atoms. The zero-order valence-corrected chi connectivity index (χ0v) is 15.7. The lowest BCUT2D eigenvalue weighted by atomic mass is 10.3. The van der Waals surface area contributed by atoms with Gasteiger partial charge in [0.2, 0.25) is 27.9 Å². The number of primary sulfonamides is 1. The maximum atomic E-state index is 11.3. The molecule has 9 N–H and O–H groups in total. The predicted molar refractivity (Wildman–Crippen MR) is 105 cm³/mol. The van der Waals surface area contributed by atoms with Crippen molar-refractivity contribution < 1.29 is 8.42 Å². The van der Waals surface area contributed by atoms with Crippen LogP contribution in [-0.4, -0.2) is 49.5 Å². The van der Waals surface area contributed by atoms with Crippen LogP contribution in [0.25, 0.3) is 0 Å². The smallest absolute Gasteiger partial charge is 0.238 e. The van der Waals surface area contributed by atoms with Crippen molar-refractivity contribution >= 4 is 33.6 Å². The summed E-state index contributed by atoms with van der Waals surface area (Å²) in [5.74, 6) is 1.11. The highest BCUT2D eigenvalue weighted by Crippen LogP contribution is 2.18. The van der Waals surface area contributed by atoms with Crippen LogP contribution in [-0.2, 0) is 10.0 Å². The number of nitrogens with two attached hydrogens (primary N) is 3. The Morgan fingerprint density at radius 2 is 1.30 bits per heavy atom. The molecule has 0 aliphatic rings. The minimum atomic E-state index is -3.74. The summed E-state index contributed by atoms with van der Waals surface area (Å²) in [6.07, 6.45) is 1.55. The number of nitrogens with one attached hydrogen (secondary N) is 3. The highest BCUT2D eigenvalue weighted by molar-refractivity contribution is 7.89. The number of hydrogen-bond donors (Lipinski definition) is 6. The van der Waals surface area contributed by atoms with E-state index in [-0.39, 0.29) is 4.90 Å². The van der Waals surface area contributed by atoms with Crippen molar-refractivity contribution in [1.82, 2.24) is 15.0 Å². The van der Waals surface area contributed by atoms with Gasteiger partial charge < -0.3 is 27.4 Å². The molecule has 2 rings (SSSR count). The molecule has 0 radical (unpaired) electrons. The average Bonchev–Trinajstić information content (AvgIpc) is 2.62. The predicted octanol–water partition coefficient (Wildman–Crippen LogP) is -0.216. The molecule has 0 saturated heterocycles. The van der Waals surface area contributed by atoms with Gasteiger partial charge in [0.25, 0.3) is 0 Å². The minimum Gasteiger partial charge on any atom is -0.354 e. The minimum absolute atomic E-state index is 0.0250. The second kappa shape index (κ2) is 9.97. The fraction of sp³-hybridized carbons (Fsp3) is 0.400. The lowest BCUT2D eigenvalue weighted by Crippen LogP contribution is -2.15. The van der Waals surface area contributed by atoms with Gasteiger partial charge in [0.1, 0.15) is 0 Å². The van der Waals surface area contributed by atoms with E-state index in [4.69, 9.17) is 16.6 Å². The third-order valence-corrected chi connectivity index (χ3v) is 4.33. The van der Waals surface area contributed by atoms with E-state index in [1.165, 1.54) is 12.1 Å². The molecular formula is C15H25N9O2S. The second-order valence-corrected chi connectivity index (χ2v) is 7.20. The van der Waals surface area contributed by atoms with Crippen molar-refractivity contribution in [2.24, 2.45) is 16.6 Å². The van der Waals surface area contributed by atoms with E-state index in [1.807, 2.05) is 0 Å². The Kier molecular flexibility index (Phi) is 7.67. The van der Waals surface area contributed by atoms with Gasteiger partial charge in [-0.2, -0.15) is 15.0 Å². The maximum Gasteiger partial charge on any atom is 0.238 e. The fourth-order valence-electron chi connectivity index (χ4n) is 2.05. The third kappa shape index (κ3) is 6.94. The van der Waals surface area contributed by atoms with Crippen molar-refractivity contribution in [2.75, 3.05) is 42.1 Å². The fourth-order valence-corrected chi connectivity index (χ4v) is 2.57. The summed E-state index contributed by atoms with van der Waals surface area (Å²) in [4.78, 5) is 12.9. The molecular weight excluding hydrogens is 370 g/mol. The Morgan fingerprint density at radius 1 is 0.815 bits per heavy atom. The van der Waals surface area contributed by atoms with Gasteiger partial charge in [-0.25, -0.2) is 13.6 Å². The Labute approximate surface area is 158 Å². The van der Waals surface area contributed by atoms with Crippen molar-refractivity contribution in [1.29, 1.82) is 0 Å². The van der Waals surface area contributed by atoms with Crippen LogP contribution in [0.3, 0.4) is 0 Å². The van der Waals surface area contributed by atoms with E-state index in [0.717, 1.165) is 12.8 Å². The Hall–Kier alpha value is -2.54. The van der Waals surface area contributed by atoms with Gasteiger partial charge in [-0.3, -0.25) is 0 Å². The van der Waals surface area contributed by atoms with Gasteiger partial charge >= 0.3 is 0 Å². The monoisotopic (exact) mass is 395 g/mol. The SMILES string of the molecule is NCCCNc1nc(NCCCN)nc(Nc2ccc(S(N)(=O)=O)cc2)n1. The van der Waals surface area contributed by atoms with Crippen LogP contribution in [0.2, 0.25) is 0 Å². The molecule has 0 aliphatic carbocycles. The molecule has 1 aromatic carbocycles. The van der Waals surface area contributed by atoms with E-state index in [9.17, 15) is 8.42 Å². The number of hydrogen-bond acceptors (Lipinski definition) is 10. The number of anilines is 4. The van der Waals surface area contributed by atoms with Gasteiger partial charge in [0.15, 0.2) is 0 Å². The molecule has 148 valence electrons. The van der Waals surface area contributed by atoms with Gasteiger partial charge in [0, 0.05) is 18.8 Å². The van der Waals surface area contributed by atoms with E-state index < -0.39 is 10.0 Å². The molecule has 0 amide bonds. The van der Waals surface area contributed by atoms with Crippen LogP contribution in [0.15, 0.2) is 29.2 Å². The van der Waals surface area contributed by atoms with Crippen molar-refractivity contribution in [2.45, 2.75) is 17.7 Å². The van der Waals surface area contributed by atoms with E-state index in [2.05, 4.69) is 30.9 Å². The molecule has 0 fully saturated rings. The summed E-state index contributed by atoms with van der Waals surface area (Å²) in [5.41, 5.74) is 11.6. The Morgan fingerprint density at radius 3 is 1.74 bits per heavy atom. The summed E-state index contributed by atoms with van der Waals surface area (Å²) in [5, 5.41) is 14.3. The van der Waals surface area contributed by atoms with Crippen LogP contribution < -0.4 is 32.6 Å². The van der Waals surface area contributed by atoms with Gasteiger partial charge in [-0.15, -0.1) is 0 Å². The van der Waals surface area contributed by atoms with Crippen molar-refractivity contribution in [3.63, 3.8) is 0 Å². The number of benzene rings is 1. The molecule has 0 saturated carbocycles. The Balaban J connectivity index is 2.17. The standard InChI is InChI=1S/C15H25N9O2S/c16-7-1-9-19-13-22-14(20-10-2-8-17)24-15(23-13)21-11-3-5-12(6-4-11)27(18,25)26/h3-6H,1-2,7-10,16-17H2,(H2,18,25,26)(H3,19,20,21,22,23,24). The van der Waals surface area contributed by atoms with E-state index >= 15 is 0 Å². The van der Waals surface area contributed by atoms with E-state index in [0.29, 0.717) is 49.7 Å². The summed E-state index contributed by atoms with van der Waals surface area (Å²) in [6, 6.07) is 5.96. The first-order valence-electron chi connectivity index (χ1n) is 8.46. The molecule has 0 spiro atoms. The maximum absolute atomic E-state index is 11.3. The zero-order valence-electron chi connectivity index (χ0n) is 14.9. The first-order chi connectivity index (χ1) is 12.9. The first-order valence-corrected chi connectivity index (χ1v) is 10.0. The van der Waals surface area contributed by atoms with E-state index in [1.54, 1.807) is 12.1 Å². The second-order valence-electron chi connectivity index (χ2n) is 5.64. The molecule has 0 unspecified atom stereocenters. The van der Waals surface area contributed by atoms with Crippen LogP contribution in [0.5, 0.6) is 0 Å². The summed E-state index contributed by atoms with van der Waals surface area (Å²) in [7, 11) is -3.74. The molecule has 12 heteroatoms. The number of nitrogens with zero attached hydrogens (tertiary/aromatic N) is 3. The number of sulfonamides is 1. The Bertz CT molecular complexity index is 799. The summed E-state index contributed by atoms with van der Waals surface area (Å²) < 4.78 is 22.7. The molecule has 27 heavy (non-hydrogen) atoms. The lowest BCUT2D eigenvalue weighted by molar-refractivity contribution is 0.598. The molecule has 0 aliphatic heterocycles. The van der Waals surface area contributed by atoms with Crippen LogP contribution in [0.4, 0.5) is 23.5 Å². The average molecular weight is 395 g/mol.